The molecule has 0 aromatic heterocycles. The van der Waals surface area contributed by atoms with E-state index in [4.69, 9.17) is 4.74 Å². The minimum absolute atomic E-state index is 0.0580. The molecule has 1 aliphatic carbocycles. The molecule has 130 valence electrons. The van der Waals surface area contributed by atoms with Crippen LogP contribution in [0.1, 0.15) is 64.9 Å². The van der Waals surface area contributed by atoms with Crippen LogP contribution in [0, 0.1) is 0 Å². The van der Waals surface area contributed by atoms with Gasteiger partial charge in [0.05, 0.1) is 12.0 Å². The zero-order chi connectivity index (χ0) is 17.1. The van der Waals surface area contributed by atoms with Crippen molar-refractivity contribution in [1.82, 2.24) is 4.72 Å². The highest BCUT2D eigenvalue weighted by atomic mass is 32.2. The van der Waals surface area contributed by atoms with E-state index in [1.165, 1.54) is 12.8 Å². The number of hydrogen-bond acceptors (Lipinski definition) is 3. The molecule has 23 heavy (non-hydrogen) atoms. The van der Waals surface area contributed by atoms with Gasteiger partial charge in [0, 0.05) is 11.6 Å². The number of ether oxygens (including phenoxy) is 1. The Kier molecular flexibility index (Phi) is 5.74. The zero-order valence-corrected chi connectivity index (χ0v) is 15.5. The molecular formula is C18H29NO3S. The minimum Gasteiger partial charge on any atom is -0.496 e. The molecule has 1 saturated carbocycles. The largest absolute Gasteiger partial charge is 0.496 e. The molecule has 2 rings (SSSR count). The molecule has 0 spiro atoms. The summed E-state index contributed by atoms with van der Waals surface area (Å²) in [7, 11) is -1.88. The number of nitrogens with one attached hydrogen (secondary N) is 1. The van der Waals surface area contributed by atoms with E-state index in [2.05, 4.69) is 25.5 Å². The second kappa shape index (κ2) is 7.22. The summed E-state index contributed by atoms with van der Waals surface area (Å²) in [4.78, 5) is 0.326. The van der Waals surface area contributed by atoms with Crippen LogP contribution in [0.4, 0.5) is 0 Å². The van der Waals surface area contributed by atoms with Crippen molar-refractivity contribution >= 4 is 10.0 Å². The Morgan fingerprint density at radius 3 is 2.22 bits per heavy atom. The summed E-state index contributed by atoms with van der Waals surface area (Å²) in [6, 6.07) is 5.19. The predicted octanol–water partition coefficient (Wildman–Crippen LogP) is 3.99. The van der Waals surface area contributed by atoms with Crippen molar-refractivity contribution in [3.05, 3.63) is 23.8 Å². The van der Waals surface area contributed by atoms with Crippen molar-refractivity contribution in [2.24, 2.45) is 0 Å². The summed E-state index contributed by atoms with van der Waals surface area (Å²) >= 11 is 0. The van der Waals surface area contributed by atoms with Gasteiger partial charge < -0.3 is 4.74 Å². The first kappa shape index (κ1) is 18.3. The lowest BCUT2D eigenvalue weighted by atomic mass is 9.86. The Labute approximate surface area is 140 Å². The molecule has 0 bridgehead atoms. The van der Waals surface area contributed by atoms with Crippen molar-refractivity contribution < 1.29 is 13.2 Å². The van der Waals surface area contributed by atoms with Gasteiger partial charge in [0.15, 0.2) is 0 Å². The van der Waals surface area contributed by atoms with E-state index in [0.717, 1.165) is 37.0 Å². The van der Waals surface area contributed by atoms with Gasteiger partial charge in [0.25, 0.3) is 0 Å². The maximum Gasteiger partial charge on any atom is 0.240 e. The van der Waals surface area contributed by atoms with Crippen LogP contribution < -0.4 is 9.46 Å². The van der Waals surface area contributed by atoms with E-state index in [-0.39, 0.29) is 11.5 Å². The molecule has 5 heteroatoms. The second-order valence-corrected chi connectivity index (χ2v) is 9.14. The third-order valence-corrected chi connectivity index (χ3v) is 5.98. The van der Waals surface area contributed by atoms with E-state index >= 15 is 0 Å². The van der Waals surface area contributed by atoms with Crippen molar-refractivity contribution in [2.75, 3.05) is 7.11 Å². The monoisotopic (exact) mass is 339 g/mol. The molecule has 0 atom stereocenters. The Bertz CT molecular complexity index is 624. The van der Waals surface area contributed by atoms with E-state index in [9.17, 15) is 8.42 Å². The maximum atomic E-state index is 12.7. The standard InChI is InChI=1S/C18H29NO3S/c1-18(2,3)16-13-15(11-12-17(16)22-4)23(20,21)19-14-9-7-5-6-8-10-14/h11-14,19H,5-10H2,1-4H3. The van der Waals surface area contributed by atoms with Gasteiger partial charge in [-0.05, 0) is 36.5 Å². The summed E-state index contributed by atoms with van der Waals surface area (Å²) in [5, 5.41) is 0. The summed E-state index contributed by atoms with van der Waals surface area (Å²) in [6.45, 7) is 6.17. The van der Waals surface area contributed by atoms with Gasteiger partial charge in [-0.1, -0.05) is 46.5 Å². The summed E-state index contributed by atoms with van der Waals surface area (Å²) in [6.07, 6.45) is 6.47. The highest BCUT2D eigenvalue weighted by Crippen LogP contribution is 2.33. The molecule has 1 aromatic rings. The highest BCUT2D eigenvalue weighted by molar-refractivity contribution is 7.89. The SMILES string of the molecule is COc1ccc(S(=O)(=O)NC2CCCCCC2)cc1C(C)(C)C. The first-order valence-corrected chi connectivity index (χ1v) is 9.93. The molecule has 0 heterocycles. The van der Waals surface area contributed by atoms with Crippen LogP contribution >= 0.6 is 0 Å². The second-order valence-electron chi connectivity index (χ2n) is 7.42. The van der Waals surface area contributed by atoms with Gasteiger partial charge in [-0.3, -0.25) is 0 Å². The Morgan fingerprint density at radius 1 is 1.09 bits per heavy atom. The first-order chi connectivity index (χ1) is 10.7. The molecule has 0 amide bonds. The Hall–Kier alpha value is -1.07. The molecule has 1 aromatic carbocycles. The van der Waals surface area contributed by atoms with Crippen LogP contribution in [-0.2, 0) is 15.4 Å². The van der Waals surface area contributed by atoms with Crippen LogP contribution in [0.3, 0.4) is 0 Å². The maximum absolute atomic E-state index is 12.7. The summed E-state index contributed by atoms with van der Waals surface area (Å²) in [5.41, 5.74) is 0.725. The number of rotatable bonds is 4. The number of hydrogen-bond donors (Lipinski definition) is 1. The van der Waals surface area contributed by atoms with Gasteiger partial charge in [0.2, 0.25) is 10.0 Å². The lowest BCUT2D eigenvalue weighted by molar-refractivity contribution is 0.397. The average Bonchev–Trinajstić information content (AvgIpc) is 2.73. The van der Waals surface area contributed by atoms with Crippen molar-refractivity contribution in [3.8, 4) is 5.75 Å². The average molecular weight is 340 g/mol. The minimum atomic E-state index is -3.49. The highest BCUT2D eigenvalue weighted by Gasteiger charge is 2.25. The fourth-order valence-corrected chi connectivity index (χ4v) is 4.46. The van der Waals surface area contributed by atoms with E-state index in [1.54, 1.807) is 25.3 Å². The zero-order valence-electron chi connectivity index (χ0n) is 14.7. The van der Waals surface area contributed by atoms with Crippen LogP contribution in [0.25, 0.3) is 0 Å². The van der Waals surface area contributed by atoms with Crippen LogP contribution in [-0.4, -0.2) is 21.6 Å². The molecule has 0 unspecified atom stereocenters. The normalized spacial score (nSPS) is 17.7. The molecule has 0 radical (unpaired) electrons. The smallest absolute Gasteiger partial charge is 0.240 e. The topological polar surface area (TPSA) is 55.4 Å². The van der Waals surface area contributed by atoms with Gasteiger partial charge in [-0.15, -0.1) is 0 Å². The summed E-state index contributed by atoms with van der Waals surface area (Å²) in [5.74, 6) is 0.728. The molecule has 1 aliphatic rings. The number of methoxy groups -OCH3 is 1. The van der Waals surface area contributed by atoms with Crippen LogP contribution in [0.5, 0.6) is 5.75 Å². The van der Waals surface area contributed by atoms with Crippen LogP contribution in [0.15, 0.2) is 23.1 Å². The fourth-order valence-electron chi connectivity index (χ4n) is 3.13. The van der Waals surface area contributed by atoms with E-state index < -0.39 is 10.0 Å². The lowest BCUT2D eigenvalue weighted by Crippen LogP contribution is -2.34. The van der Waals surface area contributed by atoms with Gasteiger partial charge in [-0.2, -0.15) is 0 Å². The van der Waals surface area contributed by atoms with E-state index in [0.29, 0.717) is 4.90 Å². The first-order valence-electron chi connectivity index (χ1n) is 8.45. The molecule has 4 nitrogen and oxygen atoms in total. The van der Waals surface area contributed by atoms with Crippen molar-refractivity contribution in [1.29, 1.82) is 0 Å². The summed E-state index contributed by atoms with van der Waals surface area (Å²) < 4.78 is 33.8. The molecule has 1 N–H and O–H groups in total. The molecular weight excluding hydrogens is 310 g/mol. The Morgan fingerprint density at radius 2 is 1.70 bits per heavy atom. The van der Waals surface area contributed by atoms with Gasteiger partial charge >= 0.3 is 0 Å². The van der Waals surface area contributed by atoms with Gasteiger partial charge in [-0.25, -0.2) is 13.1 Å². The van der Waals surface area contributed by atoms with Crippen molar-refractivity contribution in [3.63, 3.8) is 0 Å². The number of benzene rings is 1. The molecule has 0 saturated heterocycles. The fraction of sp³-hybridized carbons (Fsp3) is 0.667. The molecule has 0 aliphatic heterocycles. The lowest BCUT2D eigenvalue weighted by Gasteiger charge is -2.23. The number of sulfonamides is 1. The van der Waals surface area contributed by atoms with E-state index in [1.807, 2.05) is 0 Å². The third kappa shape index (κ3) is 4.70. The van der Waals surface area contributed by atoms with Gasteiger partial charge in [0.1, 0.15) is 5.75 Å². The van der Waals surface area contributed by atoms with Crippen LogP contribution in [0.2, 0.25) is 0 Å². The predicted molar refractivity (Wildman–Crippen MR) is 93.5 cm³/mol. The Balaban J connectivity index is 2.28. The quantitative estimate of drug-likeness (QED) is 0.844. The third-order valence-electron chi connectivity index (χ3n) is 4.47. The molecule has 1 fully saturated rings. The van der Waals surface area contributed by atoms with Crippen molar-refractivity contribution in [2.45, 2.75) is 75.6 Å².